The van der Waals surface area contributed by atoms with E-state index >= 15 is 0 Å². The highest BCUT2D eigenvalue weighted by molar-refractivity contribution is 6.39. The highest BCUT2D eigenvalue weighted by Crippen LogP contribution is 2.31. The number of nitrogens with zero attached hydrogens (tertiary/aromatic N) is 1. The Labute approximate surface area is 195 Å². The maximum atomic E-state index is 13.1. The van der Waals surface area contributed by atoms with E-state index in [1.165, 1.54) is 37.3 Å². The summed E-state index contributed by atoms with van der Waals surface area (Å²) >= 11 is 0. The predicted molar refractivity (Wildman–Crippen MR) is 122 cm³/mol. The largest absolute Gasteiger partial charge is 0.494 e. The SMILES string of the molecule is CCOc1cccc(N2C(=O)NC(=O)/C(=C/c3ccc(O[C@@H](C)C(=O)O)c(OCC)c3)C2=O)c1. The third kappa shape index (κ3) is 5.34. The summed E-state index contributed by atoms with van der Waals surface area (Å²) in [5, 5.41) is 11.3. The lowest BCUT2D eigenvalue weighted by Crippen LogP contribution is -2.54. The molecule has 4 amide bonds. The van der Waals surface area contributed by atoms with Crippen molar-refractivity contribution in [3.05, 3.63) is 53.6 Å². The van der Waals surface area contributed by atoms with Crippen molar-refractivity contribution in [3.63, 3.8) is 0 Å². The average Bonchev–Trinajstić information content (AvgIpc) is 2.78. The van der Waals surface area contributed by atoms with Gasteiger partial charge in [0.1, 0.15) is 11.3 Å². The molecule has 2 N–H and O–H groups in total. The fourth-order valence-corrected chi connectivity index (χ4v) is 3.16. The van der Waals surface area contributed by atoms with E-state index < -0.39 is 29.9 Å². The van der Waals surface area contributed by atoms with Crippen LogP contribution >= 0.6 is 0 Å². The van der Waals surface area contributed by atoms with Gasteiger partial charge in [0.2, 0.25) is 0 Å². The predicted octanol–water partition coefficient (Wildman–Crippen LogP) is 3.00. The maximum absolute atomic E-state index is 13.1. The molecule has 34 heavy (non-hydrogen) atoms. The Morgan fingerprint density at radius 3 is 2.47 bits per heavy atom. The number of nitrogens with one attached hydrogen (secondary N) is 1. The second kappa shape index (κ2) is 10.5. The van der Waals surface area contributed by atoms with Gasteiger partial charge in [-0.25, -0.2) is 14.5 Å². The molecule has 1 heterocycles. The van der Waals surface area contributed by atoms with Crippen molar-refractivity contribution in [3.8, 4) is 17.2 Å². The molecule has 2 aromatic carbocycles. The molecule has 0 unspecified atom stereocenters. The minimum Gasteiger partial charge on any atom is -0.494 e. The first kappa shape index (κ1) is 24.3. The number of carbonyl (C=O) groups is 4. The molecule has 10 heteroatoms. The molecule has 1 aliphatic rings. The topological polar surface area (TPSA) is 131 Å². The Morgan fingerprint density at radius 1 is 1.06 bits per heavy atom. The number of urea groups is 1. The zero-order chi connectivity index (χ0) is 24.8. The number of carboxylic acid groups (broad SMARTS) is 1. The molecule has 0 spiro atoms. The summed E-state index contributed by atoms with van der Waals surface area (Å²) in [6.07, 6.45) is 0.206. The molecule has 0 aliphatic carbocycles. The van der Waals surface area contributed by atoms with Crippen molar-refractivity contribution in [2.45, 2.75) is 26.9 Å². The molecule has 1 aliphatic heterocycles. The first-order valence-electron chi connectivity index (χ1n) is 10.6. The quantitative estimate of drug-likeness (QED) is 0.424. The van der Waals surface area contributed by atoms with Crippen LogP contribution in [0.1, 0.15) is 26.3 Å². The van der Waals surface area contributed by atoms with Gasteiger partial charge in [0.15, 0.2) is 17.6 Å². The molecule has 1 fully saturated rings. The molecule has 2 aromatic rings. The van der Waals surface area contributed by atoms with Crippen LogP contribution < -0.4 is 24.4 Å². The summed E-state index contributed by atoms with van der Waals surface area (Å²) in [7, 11) is 0. The number of ether oxygens (including phenoxy) is 3. The Kier molecular flexibility index (Phi) is 7.52. The number of rotatable bonds is 9. The van der Waals surface area contributed by atoms with Crippen molar-refractivity contribution in [1.82, 2.24) is 5.32 Å². The van der Waals surface area contributed by atoms with Crippen molar-refractivity contribution in [2.75, 3.05) is 18.1 Å². The summed E-state index contributed by atoms with van der Waals surface area (Å²) in [6, 6.07) is 10.1. The zero-order valence-electron chi connectivity index (χ0n) is 18.9. The second-order valence-corrected chi connectivity index (χ2v) is 7.13. The van der Waals surface area contributed by atoms with Crippen molar-refractivity contribution < 1.29 is 38.5 Å². The lowest BCUT2D eigenvalue weighted by Gasteiger charge is -2.26. The molecule has 0 saturated carbocycles. The number of aliphatic carboxylic acids is 1. The van der Waals surface area contributed by atoms with Crippen molar-refractivity contribution >= 4 is 35.6 Å². The van der Waals surface area contributed by atoms with Gasteiger partial charge in [-0.3, -0.25) is 14.9 Å². The van der Waals surface area contributed by atoms with Crippen LogP contribution in [0.3, 0.4) is 0 Å². The van der Waals surface area contributed by atoms with E-state index in [0.29, 0.717) is 17.9 Å². The maximum Gasteiger partial charge on any atom is 0.344 e. The van der Waals surface area contributed by atoms with Crippen LogP contribution in [0.25, 0.3) is 6.08 Å². The Hall–Kier alpha value is -4.34. The number of carboxylic acids is 1. The van der Waals surface area contributed by atoms with Gasteiger partial charge in [0.05, 0.1) is 18.9 Å². The third-order valence-electron chi connectivity index (χ3n) is 4.72. The molecule has 178 valence electrons. The summed E-state index contributed by atoms with van der Waals surface area (Å²) in [5.74, 6) is -1.88. The fourth-order valence-electron chi connectivity index (χ4n) is 3.16. The molecule has 1 saturated heterocycles. The van der Waals surface area contributed by atoms with Gasteiger partial charge in [-0.05, 0) is 56.7 Å². The number of carbonyl (C=O) groups excluding carboxylic acids is 3. The molecule has 1 atom stereocenters. The fraction of sp³-hybridized carbons (Fsp3) is 0.250. The number of imide groups is 2. The molecule has 0 radical (unpaired) electrons. The molecule has 0 bridgehead atoms. The minimum absolute atomic E-state index is 0.197. The lowest BCUT2D eigenvalue weighted by atomic mass is 10.1. The van der Waals surface area contributed by atoms with Gasteiger partial charge in [0.25, 0.3) is 11.8 Å². The van der Waals surface area contributed by atoms with E-state index in [0.717, 1.165) is 4.90 Å². The van der Waals surface area contributed by atoms with Crippen molar-refractivity contribution in [2.24, 2.45) is 0 Å². The van der Waals surface area contributed by atoms with Crippen molar-refractivity contribution in [1.29, 1.82) is 0 Å². The molecule has 3 rings (SSSR count). The van der Waals surface area contributed by atoms with E-state index in [2.05, 4.69) is 5.32 Å². The summed E-state index contributed by atoms with van der Waals surface area (Å²) in [6.45, 7) is 5.61. The van der Waals surface area contributed by atoms with E-state index in [4.69, 9.17) is 19.3 Å². The summed E-state index contributed by atoms with van der Waals surface area (Å²) in [4.78, 5) is 50.0. The van der Waals surface area contributed by atoms with Gasteiger partial charge >= 0.3 is 12.0 Å². The Morgan fingerprint density at radius 2 is 1.79 bits per heavy atom. The number of anilines is 1. The smallest absolute Gasteiger partial charge is 0.344 e. The normalized spacial score (nSPS) is 15.7. The number of amides is 4. The van der Waals surface area contributed by atoms with E-state index in [9.17, 15) is 19.2 Å². The monoisotopic (exact) mass is 468 g/mol. The van der Waals surface area contributed by atoms with Crippen LogP contribution in [0.5, 0.6) is 17.2 Å². The Balaban J connectivity index is 1.96. The molecule has 0 aromatic heterocycles. The van der Waals surface area contributed by atoms with Gasteiger partial charge in [0, 0.05) is 6.07 Å². The minimum atomic E-state index is -1.14. The van der Waals surface area contributed by atoms with Crippen LogP contribution in [0.4, 0.5) is 10.5 Å². The van der Waals surface area contributed by atoms with E-state index in [-0.39, 0.29) is 29.4 Å². The van der Waals surface area contributed by atoms with Crippen LogP contribution in [-0.2, 0) is 14.4 Å². The standard InChI is InChI=1S/C24H24N2O8/c1-4-32-17-8-6-7-16(13-17)26-22(28)18(21(27)25-24(26)31)11-15-9-10-19(20(12-15)33-5-2)34-14(3)23(29)30/h6-14H,4-5H2,1-3H3,(H,29,30)(H,25,27,31)/b18-11-/t14-/m0/s1. The average molecular weight is 468 g/mol. The van der Waals surface area contributed by atoms with E-state index in [1.807, 2.05) is 0 Å². The lowest BCUT2D eigenvalue weighted by molar-refractivity contribution is -0.144. The van der Waals surface area contributed by atoms with Gasteiger partial charge in [-0.15, -0.1) is 0 Å². The van der Waals surface area contributed by atoms with E-state index in [1.54, 1.807) is 32.0 Å². The molecular weight excluding hydrogens is 444 g/mol. The number of hydrogen-bond donors (Lipinski definition) is 2. The first-order chi connectivity index (χ1) is 16.2. The second-order valence-electron chi connectivity index (χ2n) is 7.13. The van der Waals surface area contributed by atoms with Crippen LogP contribution in [0, 0.1) is 0 Å². The van der Waals surface area contributed by atoms with Crippen LogP contribution in [0.2, 0.25) is 0 Å². The number of benzene rings is 2. The van der Waals surface area contributed by atoms with Crippen LogP contribution in [-0.4, -0.2) is 48.2 Å². The highest BCUT2D eigenvalue weighted by Gasteiger charge is 2.37. The van der Waals surface area contributed by atoms with Gasteiger partial charge in [-0.2, -0.15) is 0 Å². The number of hydrogen-bond acceptors (Lipinski definition) is 7. The zero-order valence-corrected chi connectivity index (χ0v) is 18.9. The van der Waals surface area contributed by atoms with Gasteiger partial charge in [-0.1, -0.05) is 12.1 Å². The summed E-state index contributed by atoms with van der Waals surface area (Å²) in [5.41, 5.74) is 0.388. The summed E-state index contributed by atoms with van der Waals surface area (Å²) < 4.78 is 16.4. The highest BCUT2D eigenvalue weighted by atomic mass is 16.5. The molecular formula is C24H24N2O8. The Bertz CT molecular complexity index is 1160. The first-order valence-corrected chi connectivity index (χ1v) is 10.6. The van der Waals surface area contributed by atoms with Gasteiger partial charge < -0.3 is 19.3 Å². The number of barbiturate groups is 1. The van der Waals surface area contributed by atoms with Crippen LogP contribution in [0.15, 0.2) is 48.0 Å². The third-order valence-corrected chi connectivity index (χ3v) is 4.72. The molecule has 10 nitrogen and oxygen atoms in total.